The third-order valence-electron chi connectivity index (χ3n) is 5.26. The zero-order valence-corrected chi connectivity index (χ0v) is 14.1. The van der Waals surface area contributed by atoms with Crippen molar-refractivity contribution >= 4 is 5.91 Å². The van der Waals surface area contributed by atoms with Crippen LogP contribution in [0.25, 0.3) is 0 Å². The predicted molar refractivity (Wildman–Crippen MR) is 86.1 cm³/mol. The van der Waals surface area contributed by atoms with Crippen molar-refractivity contribution in [2.45, 2.75) is 84.3 Å². The van der Waals surface area contributed by atoms with Crippen molar-refractivity contribution in [3.05, 3.63) is 0 Å². The molecule has 2 aliphatic rings. The highest BCUT2D eigenvalue weighted by atomic mass is 16.5. The maximum absolute atomic E-state index is 12.2. The highest BCUT2D eigenvalue weighted by molar-refractivity contribution is 5.80. The van der Waals surface area contributed by atoms with Crippen molar-refractivity contribution in [1.82, 2.24) is 5.32 Å². The molecular formula is C18H33NO2. The Bertz CT molecular complexity index is 331. The first-order valence-corrected chi connectivity index (χ1v) is 8.97. The van der Waals surface area contributed by atoms with E-state index >= 15 is 0 Å². The Labute approximate surface area is 130 Å². The number of hydrogen-bond acceptors (Lipinski definition) is 2. The molecule has 0 unspecified atom stereocenters. The van der Waals surface area contributed by atoms with E-state index in [0.29, 0.717) is 5.92 Å². The Kier molecular flexibility index (Phi) is 6.53. The predicted octanol–water partition coefficient (Wildman–Crippen LogP) is 3.91. The van der Waals surface area contributed by atoms with E-state index in [1.54, 1.807) is 0 Å². The molecule has 2 aliphatic carbocycles. The molecule has 21 heavy (non-hydrogen) atoms. The van der Waals surface area contributed by atoms with Crippen LogP contribution >= 0.6 is 0 Å². The van der Waals surface area contributed by atoms with Crippen LogP contribution in [0.4, 0.5) is 0 Å². The Morgan fingerprint density at radius 1 is 1.10 bits per heavy atom. The first kappa shape index (κ1) is 16.8. The number of carbonyl (C=O) groups excluding carboxylic acids is 1. The van der Waals surface area contributed by atoms with E-state index in [9.17, 15) is 4.79 Å². The average Bonchev–Trinajstić information content (AvgIpc) is 2.45. The van der Waals surface area contributed by atoms with E-state index < -0.39 is 0 Å². The monoisotopic (exact) mass is 295 g/mol. The summed E-state index contributed by atoms with van der Waals surface area (Å²) in [6.45, 7) is 7.34. The molecular weight excluding hydrogens is 262 g/mol. The molecule has 2 rings (SSSR count). The standard InChI is InChI=1S/C18H33NO2/c1-13-6-4-8-16(10-13)12-19-18(20)15(3)21-17-9-5-7-14(2)11-17/h13-17H,4-12H2,1-3H3,(H,19,20)/t13-,14+,15+,16+,17+/m1/s1. The topological polar surface area (TPSA) is 38.3 Å². The molecule has 2 saturated carbocycles. The van der Waals surface area contributed by atoms with Gasteiger partial charge in [-0.15, -0.1) is 0 Å². The number of rotatable bonds is 5. The van der Waals surface area contributed by atoms with Crippen LogP contribution in [0.5, 0.6) is 0 Å². The van der Waals surface area contributed by atoms with E-state index in [1.807, 2.05) is 6.92 Å². The van der Waals surface area contributed by atoms with Gasteiger partial charge in [0.25, 0.3) is 0 Å². The maximum atomic E-state index is 12.2. The lowest BCUT2D eigenvalue weighted by Gasteiger charge is -2.30. The van der Waals surface area contributed by atoms with E-state index in [0.717, 1.165) is 31.2 Å². The summed E-state index contributed by atoms with van der Waals surface area (Å²) >= 11 is 0. The zero-order valence-electron chi connectivity index (χ0n) is 14.1. The largest absolute Gasteiger partial charge is 0.365 e. The number of carbonyl (C=O) groups is 1. The van der Waals surface area contributed by atoms with Gasteiger partial charge in [0.05, 0.1) is 6.10 Å². The SMILES string of the molecule is C[C@@H]1CCC[C@H](CNC(=O)[C@H](C)O[C@H]2CCC[C@H](C)C2)C1. The molecule has 3 nitrogen and oxygen atoms in total. The minimum atomic E-state index is -0.304. The number of hydrogen-bond donors (Lipinski definition) is 1. The van der Waals surface area contributed by atoms with Gasteiger partial charge in [-0.25, -0.2) is 0 Å². The maximum Gasteiger partial charge on any atom is 0.248 e. The quantitative estimate of drug-likeness (QED) is 0.835. The van der Waals surface area contributed by atoms with Crippen LogP contribution in [0.15, 0.2) is 0 Å². The van der Waals surface area contributed by atoms with Crippen LogP contribution in [-0.4, -0.2) is 24.7 Å². The summed E-state index contributed by atoms with van der Waals surface area (Å²) < 4.78 is 5.97. The van der Waals surface area contributed by atoms with Gasteiger partial charge in [0.2, 0.25) is 5.91 Å². The van der Waals surface area contributed by atoms with E-state index in [4.69, 9.17) is 4.74 Å². The van der Waals surface area contributed by atoms with Crippen LogP contribution in [0.2, 0.25) is 0 Å². The van der Waals surface area contributed by atoms with Gasteiger partial charge >= 0.3 is 0 Å². The molecule has 0 heterocycles. The van der Waals surface area contributed by atoms with Gasteiger partial charge in [-0.3, -0.25) is 4.79 Å². The minimum absolute atomic E-state index is 0.0754. The van der Waals surface area contributed by atoms with Gasteiger partial charge in [-0.05, 0) is 50.4 Å². The molecule has 0 saturated heterocycles. The highest BCUT2D eigenvalue weighted by Gasteiger charge is 2.25. The first-order valence-electron chi connectivity index (χ1n) is 8.97. The van der Waals surface area contributed by atoms with Gasteiger partial charge < -0.3 is 10.1 Å². The third-order valence-corrected chi connectivity index (χ3v) is 5.26. The highest BCUT2D eigenvalue weighted by Crippen LogP contribution is 2.28. The Morgan fingerprint density at radius 2 is 1.76 bits per heavy atom. The summed E-state index contributed by atoms with van der Waals surface area (Å²) in [4.78, 5) is 12.2. The first-order chi connectivity index (χ1) is 10.0. The van der Waals surface area contributed by atoms with Crippen molar-refractivity contribution < 1.29 is 9.53 Å². The van der Waals surface area contributed by atoms with Crippen LogP contribution in [-0.2, 0) is 9.53 Å². The van der Waals surface area contributed by atoms with E-state index in [-0.39, 0.29) is 18.1 Å². The number of nitrogens with one attached hydrogen (secondary N) is 1. The average molecular weight is 295 g/mol. The lowest BCUT2D eigenvalue weighted by molar-refractivity contribution is -0.137. The van der Waals surface area contributed by atoms with Gasteiger partial charge in [-0.1, -0.05) is 39.5 Å². The van der Waals surface area contributed by atoms with Gasteiger partial charge in [-0.2, -0.15) is 0 Å². The second-order valence-electron chi connectivity index (χ2n) is 7.56. The number of amides is 1. The van der Waals surface area contributed by atoms with Crippen molar-refractivity contribution in [2.75, 3.05) is 6.54 Å². The summed E-state index contributed by atoms with van der Waals surface area (Å²) in [7, 11) is 0. The molecule has 0 aliphatic heterocycles. The Balaban J connectivity index is 1.67. The lowest BCUT2D eigenvalue weighted by atomic mass is 9.82. The fourth-order valence-corrected chi connectivity index (χ4v) is 3.99. The Hall–Kier alpha value is -0.570. The molecule has 0 radical (unpaired) electrons. The summed E-state index contributed by atoms with van der Waals surface area (Å²) in [6, 6.07) is 0. The molecule has 3 heteroatoms. The van der Waals surface area contributed by atoms with Crippen LogP contribution < -0.4 is 5.32 Å². The molecule has 5 atom stereocenters. The summed E-state index contributed by atoms with van der Waals surface area (Å²) in [5.41, 5.74) is 0. The minimum Gasteiger partial charge on any atom is -0.365 e. The summed E-state index contributed by atoms with van der Waals surface area (Å²) in [5.74, 6) is 2.30. The molecule has 122 valence electrons. The van der Waals surface area contributed by atoms with Crippen molar-refractivity contribution in [3.63, 3.8) is 0 Å². The second kappa shape index (κ2) is 8.17. The van der Waals surface area contributed by atoms with Gasteiger partial charge in [0.15, 0.2) is 0 Å². The Morgan fingerprint density at radius 3 is 2.43 bits per heavy atom. The molecule has 0 spiro atoms. The fourth-order valence-electron chi connectivity index (χ4n) is 3.99. The van der Waals surface area contributed by atoms with Gasteiger partial charge in [0, 0.05) is 6.54 Å². The van der Waals surface area contributed by atoms with Crippen molar-refractivity contribution in [2.24, 2.45) is 17.8 Å². The van der Waals surface area contributed by atoms with Crippen molar-refractivity contribution in [1.29, 1.82) is 0 Å². The normalized spacial score (nSPS) is 35.2. The smallest absolute Gasteiger partial charge is 0.248 e. The van der Waals surface area contributed by atoms with E-state index in [1.165, 1.54) is 38.5 Å². The number of ether oxygens (including phenoxy) is 1. The molecule has 2 fully saturated rings. The lowest BCUT2D eigenvalue weighted by Crippen LogP contribution is -2.40. The molecule has 0 bridgehead atoms. The molecule has 0 aromatic heterocycles. The molecule has 1 amide bonds. The van der Waals surface area contributed by atoms with Crippen LogP contribution in [0.3, 0.4) is 0 Å². The van der Waals surface area contributed by atoms with Crippen molar-refractivity contribution in [3.8, 4) is 0 Å². The van der Waals surface area contributed by atoms with E-state index in [2.05, 4.69) is 19.2 Å². The third kappa shape index (κ3) is 5.61. The van der Waals surface area contributed by atoms with Crippen LogP contribution in [0.1, 0.15) is 72.1 Å². The molecule has 0 aromatic carbocycles. The molecule has 1 N–H and O–H groups in total. The van der Waals surface area contributed by atoms with Crippen LogP contribution in [0, 0.1) is 17.8 Å². The fraction of sp³-hybridized carbons (Fsp3) is 0.944. The second-order valence-corrected chi connectivity index (χ2v) is 7.56. The molecule has 0 aromatic rings. The van der Waals surface area contributed by atoms with Gasteiger partial charge in [0.1, 0.15) is 6.10 Å². The summed E-state index contributed by atoms with van der Waals surface area (Å²) in [6.07, 6.45) is 9.93. The summed E-state index contributed by atoms with van der Waals surface area (Å²) in [5, 5.41) is 3.11. The zero-order chi connectivity index (χ0) is 15.2.